The molecule has 0 atom stereocenters. The van der Waals surface area contributed by atoms with Gasteiger partial charge in [-0.15, -0.1) is 0 Å². The number of hydrogen-bond acceptors (Lipinski definition) is 3. The SMILES string of the molecule is Cc1[nH]ncc1CNCCOCCC(C)C. The summed E-state index contributed by atoms with van der Waals surface area (Å²) in [6.45, 7) is 9.85. The highest BCUT2D eigenvalue weighted by Gasteiger charge is 1.98. The van der Waals surface area contributed by atoms with Crippen LogP contribution in [0.4, 0.5) is 0 Å². The predicted octanol–water partition coefficient (Wildman–Crippen LogP) is 1.87. The molecule has 0 spiro atoms. The number of hydrogen-bond donors (Lipinski definition) is 2. The van der Waals surface area contributed by atoms with Crippen LogP contribution < -0.4 is 5.32 Å². The molecule has 1 heterocycles. The van der Waals surface area contributed by atoms with Crippen LogP contribution in [0, 0.1) is 12.8 Å². The van der Waals surface area contributed by atoms with E-state index in [0.717, 1.165) is 44.3 Å². The van der Waals surface area contributed by atoms with Crippen molar-refractivity contribution < 1.29 is 4.74 Å². The Morgan fingerprint density at radius 2 is 2.25 bits per heavy atom. The van der Waals surface area contributed by atoms with Crippen molar-refractivity contribution in [3.05, 3.63) is 17.5 Å². The number of nitrogens with zero attached hydrogens (tertiary/aromatic N) is 1. The van der Waals surface area contributed by atoms with Gasteiger partial charge in [-0.2, -0.15) is 5.10 Å². The molecule has 2 N–H and O–H groups in total. The van der Waals surface area contributed by atoms with Gasteiger partial charge in [-0.05, 0) is 19.3 Å². The van der Waals surface area contributed by atoms with Crippen molar-refractivity contribution in [3.8, 4) is 0 Å². The number of aromatic amines is 1. The molecule has 0 aliphatic heterocycles. The maximum atomic E-state index is 5.51. The summed E-state index contributed by atoms with van der Waals surface area (Å²) >= 11 is 0. The molecule has 0 unspecified atom stereocenters. The molecule has 92 valence electrons. The Kier molecular flexibility index (Phi) is 6.11. The van der Waals surface area contributed by atoms with Gasteiger partial charge in [0, 0.05) is 31.0 Å². The van der Waals surface area contributed by atoms with Gasteiger partial charge in [0.15, 0.2) is 0 Å². The topological polar surface area (TPSA) is 49.9 Å². The summed E-state index contributed by atoms with van der Waals surface area (Å²) < 4.78 is 5.51. The van der Waals surface area contributed by atoms with Gasteiger partial charge >= 0.3 is 0 Å². The number of aryl methyl sites for hydroxylation is 1. The zero-order valence-corrected chi connectivity index (χ0v) is 10.5. The zero-order chi connectivity index (χ0) is 11.8. The van der Waals surface area contributed by atoms with Crippen LogP contribution in [0.1, 0.15) is 31.5 Å². The fourth-order valence-corrected chi connectivity index (χ4v) is 1.34. The van der Waals surface area contributed by atoms with E-state index in [-0.39, 0.29) is 0 Å². The van der Waals surface area contributed by atoms with Gasteiger partial charge in [-0.25, -0.2) is 0 Å². The second-order valence-corrected chi connectivity index (χ2v) is 4.49. The lowest BCUT2D eigenvalue weighted by molar-refractivity contribution is 0.125. The molecule has 0 aliphatic rings. The first kappa shape index (κ1) is 13.2. The minimum Gasteiger partial charge on any atom is -0.380 e. The number of aromatic nitrogens is 2. The Hall–Kier alpha value is -0.870. The van der Waals surface area contributed by atoms with Crippen molar-refractivity contribution in [1.82, 2.24) is 15.5 Å². The standard InChI is InChI=1S/C12H23N3O/c1-10(2)4-6-16-7-5-13-8-12-9-14-15-11(12)3/h9-10,13H,4-8H2,1-3H3,(H,14,15). The van der Waals surface area contributed by atoms with Crippen molar-refractivity contribution in [2.45, 2.75) is 33.7 Å². The quantitative estimate of drug-likeness (QED) is 0.664. The Morgan fingerprint density at radius 3 is 2.88 bits per heavy atom. The number of nitrogens with one attached hydrogen (secondary N) is 2. The van der Waals surface area contributed by atoms with Crippen molar-refractivity contribution in [3.63, 3.8) is 0 Å². The van der Waals surface area contributed by atoms with Gasteiger partial charge < -0.3 is 10.1 Å². The fraction of sp³-hybridized carbons (Fsp3) is 0.750. The molecule has 1 rings (SSSR count). The molecule has 0 radical (unpaired) electrons. The molecule has 0 aromatic carbocycles. The smallest absolute Gasteiger partial charge is 0.0591 e. The van der Waals surface area contributed by atoms with Crippen LogP contribution in [0.5, 0.6) is 0 Å². The Morgan fingerprint density at radius 1 is 1.44 bits per heavy atom. The number of ether oxygens (including phenoxy) is 1. The summed E-state index contributed by atoms with van der Waals surface area (Å²) in [5, 5.41) is 10.2. The molecule has 1 aromatic rings. The van der Waals surface area contributed by atoms with Crippen molar-refractivity contribution in [2.24, 2.45) is 5.92 Å². The summed E-state index contributed by atoms with van der Waals surface area (Å²) in [5.41, 5.74) is 2.36. The molecule has 0 amide bonds. The first-order chi connectivity index (χ1) is 7.70. The van der Waals surface area contributed by atoms with Crippen LogP contribution in [-0.4, -0.2) is 30.0 Å². The summed E-state index contributed by atoms with van der Waals surface area (Å²) in [6.07, 6.45) is 3.00. The Balaban J connectivity index is 1.94. The average molecular weight is 225 g/mol. The molecule has 4 heteroatoms. The number of rotatable bonds is 8. The second kappa shape index (κ2) is 7.41. The summed E-state index contributed by atoms with van der Waals surface area (Å²) in [6, 6.07) is 0. The molecule has 0 saturated carbocycles. The molecule has 0 saturated heterocycles. The Labute approximate surface area is 97.8 Å². The molecule has 0 fully saturated rings. The van der Waals surface area contributed by atoms with Crippen LogP contribution >= 0.6 is 0 Å². The maximum Gasteiger partial charge on any atom is 0.0591 e. The third kappa shape index (κ3) is 5.28. The van der Waals surface area contributed by atoms with E-state index in [2.05, 4.69) is 29.4 Å². The summed E-state index contributed by atoms with van der Waals surface area (Å²) in [7, 11) is 0. The first-order valence-corrected chi connectivity index (χ1v) is 5.97. The van der Waals surface area contributed by atoms with E-state index in [4.69, 9.17) is 4.74 Å². The largest absolute Gasteiger partial charge is 0.380 e. The zero-order valence-electron chi connectivity index (χ0n) is 10.5. The maximum absolute atomic E-state index is 5.51. The van der Waals surface area contributed by atoms with Crippen LogP contribution in [0.15, 0.2) is 6.20 Å². The van der Waals surface area contributed by atoms with Crippen LogP contribution in [0.25, 0.3) is 0 Å². The fourth-order valence-electron chi connectivity index (χ4n) is 1.34. The Bertz CT molecular complexity index is 284. The molecule has 0 aliphatic carbocycles. The highest BCUT2D eigenvalue weighted by Crippen LogP contribution is 2.01. The van der Waals surface area contributed by atoms with E-state index < -0.39 is 0 Å². The van der Waals surface area contributed by atoms with E-state index in [0.29, 0.717) is 0 Å². The van der Waals surface area contributed by atoms with Crippen LogP contribution in [0.3, 0.4) is 0 Å². The van der Waals surface area contributed by atoms with Gasteiger partial charge in [0.05, 0.1) is 12.8 Å². The van der Waals surface area contributed by atoms with Gasteiger partial charge in [-0.1, -0.05) is 13.8 Å². The normalized spacial score (nSPS) is 11.2. The van der Waals surface area contributed by atoms with Gasteiger partial charge in [0.1, 0.15) is 0 Å². The van der Waals surface area contributed by atoms with E-state index in [1.807, 2.05) is 13.1 Å². The molecule has 1 aromatic heterocycles. The summed E-state index contributed by atoms with van der Waals surface area (Å²) in [5.74, 6) is 0.724. The molecular weight excluding hydrogens is 202 g/mol. The second-order valence-electron chi connectivity index (χ2n) is 4.49. The monoisotopic (exact) mass is 225 g/mol. The van der Waals surface area contributed by atoms with Gasteiger partial charge in [0.2, 0.25) is 0 Å². The van der Waals surface area contributed by atoms with Crippen LogP contribution in [0.2, 0.25) is 0 Å². The van der Waals surface area contributed by atoms with E-state index in [1.54, 1.807) is 0 Å². The summed E-state index contributed by atoms with van der Waals surface area (Å²) in [4.78, 5) is 0. The van der Waals surface area contributed by atoms with Crippen molar-refractivity contribution >= 4 is 0 Å². The highest BCUT2D eigenvalue weighted by atomic mass is 16.5. The third-order valence-electron chi connectivity index (χ3n) is 2.51. The van der Waals surface area contributed by atoms with Gasteiger partial charge in [-0.3, -0.25) is 5.10 Å². The number of H-pyrrole nitrogens is 1. The lowest BCUT2D eigenvalue weighted by atomic mass is 10.1. The minimum atomic E-state index is 0.724. The third-order valence-corrected chi connectivity index (χ3v) is 2.51. The van der Waals surface area contributed by atoms with Crippen LogP contribution in [-0.2, 0) is 11.3 Å². The first-order valence-electron chi connectivity index (χ1n) is 5.97. The van der Waals surface area contributed by atoms with Crippen molar-refractivity contribution in [2.75, 3.05) is 19.8 Å². The average Bonchev–Trinajstić information content (AvgIpc) is 2.62. The lowest BCUT2D eigenvalue weighted by Gasteiger charge is -2.07. The molecule has 16 heavy (non-hydrogen) atoms. The van der Waals surface area contributed by atoms with Crippen molar-refractivity contribution in [1.29, 1.82) is 0 Å². The molecule has 0 bridgehead atoms. The van der Waals surface area contributed by atoms with Gasteiger partial charge in [0.25, 0.3) is 0 Å². The molecule has 4 nitrogen and oxygen atoms in total. The van der Waals surface area contributed by atoms with E-state index in [9.17, 15) is 0 Å². The highest BCUT2D eigenvalue weighted by molar-refractivity contribution is 5.13. The predicted molar refractivity (Wildman–Crippen MR) is 65.3 cm³/mol. The minimum absolute atomic E-state index is 0.724. The lowest BCUT2D eigenvalue weighted by Crippen LogP contribution is -2.19. The van der Waals surface area contributed by atoms with E-state index >= 15 is 0 Å². The molecular formula is C12H23N3O. The van der Waals surface area contributed by atoms with E-state index in [1.165, 1.54) is 5.56 Å².